The largest absolute Gasteiger partial charge is 0.485 e. The number of fused-ring (bicyclic) bond motifs is 1. The van der Waals surface area contributed by atoms with Gasteiger partial charge >= 0.3 is 0 Å². The summed E-state index contributed by atoms with van der Waals surface area (Å²) in [5.41, 5.74) is 2.45. The molecule has 8 heteroatoms. The van der Waals surface area contributed by atoms with Gasteiger partial charge in [-0.25, -0.2) is 0 Å². The van der Waals surface area contributed by atoms with E-state index in [1.807, 2.05) is 89.5 Å². The Kier molecular flexibility index (Phi) is 6.81. The van der Waals surface area contributed by atoms with E-state index in [9.17, 15) is 4.79 Å². The van der Waals surface area contributed by atoms with Gasteiger partial charge in [0.2, 0.25) is 0 Å². The van der Waals surface area contributed by atoms with E-state index in [1.165, 1.54) is 0 Å². The van der Waals surface area contributed by atoms with Crippen molar-refractivity contribution in [3.05, 3.63) is 108 Å². The molecule has 35 heavy (non-hydrogen) atoms. The summed E-state index contributed by atoms with van der Waals surface area (Å²) in [6, 6.07) is 24.6. The molecule has 1 atom stereocenters. The Balaban J connectivity index is 1.25. The molecule has 2 heterocycles. The second kappa shape index (κ2) is 10.5. The van der Waals surface area contributed by atoms with Crippen LogP contribution in [-0.4, -0.2) is 27.3 Å². The van der Waals surface area contributed by atoms with E-state index in [1.54, 1.807) is 11.8 Å². The molecule has 0 saturated carbocycles. The number of rotatable bonds is 8. The molecule has 1 amide bonds. The fourth-order valence-corrected chi connectivity index (χ4v) is 4.63. The highest BCUT2D eigenvalue weighted by molar-refractivity contribution is 7.98. The number of nitrogens with zero attached hydrogens (tertiary/aromatic N) is 3. The third kappa shape index (κ3) is 5.22. The molecule has 1 aliphatic rings. The Bertz CT molecular complexity index is 1320. The normalized spacial score (nSPS) is 14.3. The average Bonchev–Trinajstić information content (AvgIpc) is 3.30. The third-order valence-corrected chi connectivity index (χ3v) is 6.51. The van der Waals surface area contributed by atoms with E-state index in [2.05, 4.69) is 22.1 Å². The molecule has 0 fully saturated rings. The van der Waals surface area contributed by atoms with E-state index in [0.29, 0.717) is 36.0 Å². The number of aromatic nitrogens is 3. The second-order valence-corrected chi connectivity index (χ2v) is 8.85. The van der Waals surface area contributed by atoms with Gasteiger partial charge in [-0.3, -0.25) is 9.36 Å². The van der Waals surface area contributed by atoms with Crippen LogP contribution >= 0.6 is 11.8 Å². The molecule has 0 aliphatic carbocycles. The Morgan fingerprint density at radius 1 is 1.03 bits per heavy atom. The highest BCUT2D eigenvalue weighted by Crippen LogP contribution is 2.36. The number of anilines is 1. The zero-order valence-corrected chi connectivity index (χ0v) is 19.8. The first-order valence-electron chi connectivity index (χ1n) is 11.2. The maximum Gasteiger partial charge on any atom is 0.255 e. The van der Waals surface area contributed by atoms with Gasteiger partial charge < -0.3 is 14.8 Å². The number of carbonyl (C=O) groups excluding carboxylic acids is 1. The molecule has 0 spiro atoms. The molecule has 0 saturated heterocycles. The molecule has 3 aromatic carbocycles. The lowest BCUT2D eigenvalue weighted by Gasteiger charge is -2.26. The van der Waals surface area contributed by atoms with Crippen molar-refractivity contribution < 1.29 is 14.3 Å². The molecule has 7 nitrogen and oxygen atoms in total. The van der Waals surface area contributed by atoms with Gasteiger partial charge in [0.25, 0.3) is 5.91 Å². The predicted molar refractivity (Wildman–Crippen MR) is 136 cm³/mol. The minimum Gasteiger partial charge on any atom is -0.485 e. The number of ether oxygens (including phenoxy) is 2. The lowest BCUT2D eigenvalue weighted by atomic mass is 10.1. The van der Waals surface area contributed by atoms with E-state index >= 15 is 0 Å². The summed E-state index contributed by atoms with van der Waals surface area (Å²) in [7, 11) is 0. The quantitative estimate of drug-likeness (QED) is 0.262. The standard InChI is InChI=1S/C27H24N4O3S/c1-2-16-31-25(24-17-33-22-10-6-7-11-23(22)34-24)29-30-27(31)35-18-19-12-14-20(15-13-19)26(32)28-21-8-4-3-5-9-21/h2-15,24H,1,16-18H2,(H,28,32)/t24-/m0/s1. The summed E-state index contributed by atoms with van der Waals surface area (Å²) in [6.45, 7) is 4.80. The van der Waals surface area contributed by atoms with Crippen molar-refractivity contribution in [1.29, 1.82) is 0 Å². The van der Waals surface area contributed by atoms with Crippen molar-refractivity contribution in [2.24, 2.45) is 0 Å². The topological polar surface area (TPSA) is 78.3 Å². The third-order valence-electron chi connectivity index (χ3n) is 5.47. The lowest BCUT2D eigenvalue weighted by molar-refractivity contribution is 0.0821. The van der Waals surface area contributed by atoms with Crippen LogP contribution < -0.4 is 14.8 Å². The lowest BCUT2D eigenvalue weighted by Crippen LogP contribution is -2.25. The molecular weight excluding hydrogens is 460 g/mol. The maximum absolute atomic E-state index is 12.5. The maximum atomic E-state index is 12.5. The van der Waals surface area contributed by atoms with Crippen molar-refractivity contribution >= 4 is 23.4 Å². The highest BCUT2D eigenvalue weighted by Gasteiger charge is 2.28. The monoisotopic (exact) mass is 484 g/mol. The fraction of sp³-hybridized carbons (Fsp3) is 0.148. The van der Waals surface area contributed by atoms with E-state index in [-0.39, 0.29) is 12.0 Å². The molecule has 0 bridgehead atoms. The van der Waals surface area contributed by atoms with Crippen LogP contribution in [0.5, 0.6) is 11.5 Å². The number of allylic oxidation sites excluding steroid dienone is 1. The van der Waals surface area contributed by atoms with E-state index < -0.39 is 0 Å². The molecular formula is C27H24N4O3S. The highest BCUT2D eigenvalue weighted by atomic mass is 32.2. The fourth-order valence-electron chi connectivity index (χ4n) is 3.72. The molecule has 1 aromatic heterocycles. The Hall–Kier alpha value is -4.04. The van der Waals surface area contributed by atoms with Crippen LogP contribution in [0.15, 0.2) is 96.7 Å². The molecule has 176 valence electrons. The number of para-hydroxylation sites is 3. The van der Waals surface area contributed by atoms with Crippen molar-refractivity contribution in [3.8, 4) is 11.5 Å². The predicted octanol–water partition coefficient (Wildman–Crippen LogP) is 5.52. The summed E-state index contributed by atoms with van der Waals surface area (Å²) in [5, 5.41) is 12.5. The number of thioether (sulfide) groups is 1. The van der Waals surface area contributed by atoms with Gasteiger partial charge in [-0.15, -0.1) is 16.8 Å². The van der Waals surface area contributed by atoms with Gasteiger partial charge in [0.1, 0.15) is 6.61 Å². The molecule has 0 radical (unpaired) electrons. The molecule has 1 N–H and O–H groups in total. The molecule has 0 unspecified atom stereocenters. The summed E-state index contributed by atoms with van der Waals surface area (Å²) in [5.74, 6) is 2.68. The summed E-state index contributed by atoms with van der Waals surface area (Å²) in [4.78, 5) is 12.5. The zero-order chi connectivity index (χ0) is 24.0. The summed E-state index contributed by atoms with van der Waals surface area (Å²) < 4.78 is 14.0. The van der Waals surface area contributed by atoms with Crippen molar-refractivity contribution in [2.45, 2.75) is 23.6 Å². The number of hydrogen-bond donors (Lipinski definition) is 1. The van der Waals surface area contributed by atoms with Gasteiger partial charge in [0, 0.05) is 23.5 Å². The van der Waals surface area contributed by atoms with Crippen molar-refractivity contribution in [3.63, 3.8) is 0 Å². The average molecular weight is 485 g/mol. The molecule has 4 aromatic rings. The second-order valence-electron chi connectivity index (χ2n) is 7.91. The van der Waals surface area contributed by atoms with E-state index in [4.69, 9.17) is 9.47 Å². The first kappa shape index (κ1) is 22.7. The van der Waals surface area contributed by atoms with Crippen LogP contribution in [0, 0.1) is 0 Å². The van der Waals surface area contributed by atoms with Crippen LogP contribution in [0.2, 0.25) is 0 Å². The first-order valence-corrected chi connectivity index (χ1v) is 12.2. The van der Waals surface area contributed by atoms with Crippen molar-refractivity contribution in [2.75, 3.05) is 11.9 Å². The smallest absolute Gasteiger partial charge is 0.255 e. The Labute approximate surface area is 207 Å². The van der Waals surface area contributed by atoms with Crippen LogP contribution in [0.3, 0.4) is 0 Å². The van der Waals surface area contributed by atoms with Gasteiger partial charge in [0.05, 0.1) is 0 Å². The first-order chi connectivity index (χ1) is 17.2. The van der Waals surface area contributed by atoms with Gasteiger partial charge in [-0.1, -0.05) is 60.3 Å². The number of nitrogens with one attached hydrogen (secondary N) is 1. The number of benzene rings is 3. The minimum absolute atomic E-state index is 0.137. The van der Waals surface area contributed by atoms with Gasteiger partial charge in [0.15, 0.2) is 28.6 Å². The van der Waals surface area contributed by atoms with Gasteiger partial charge in [-0.05, 0) is 42.0 Å². The molecule has 5 rings (SSSR count). The minimum atomic E-state index is -0.353. The SMILES string of the molecule is C=CCn1c(SCc2ccc(C(=O)Nc3ccccc3)cc2)nnc1[C@@H]1COc2ccccc2O1. The van der Waals surface area contributed by atoms with Crippen LogP contribution in [-0.2, 0) is 12.3 Å². The summed E-state index contributed by atoms with van der Waals surface area (Å²) >= 11 is 1.57. The summed E-state index contributed by atoms with van der Waals surface area (Å²) in [6.07, 6.45) is 1.46. The number of amides is 1. The zero-order valence-electron chi connectivity index (χ0n) is 19.0. The van der Waals surface area contributed by atoms with Crippen molar-refractivity contribution in [1.82, 2.24) is 14.8 Å². The Morgan fingerprint density at radius 3 is 2.54 bits per heavy atom. The van der Waals surface area contributed by atoms with E-state index in [0.717, 1.165) is 22.2 Å². The van der Waals surface area contributed by atoms with Crippen LogP contribution in [0.4, 0.5) is 5.69 Å². The van der Waals surface area contributed by atoms with Crippen LogP contribution in [0.1, 0.15) is 27.8 Å². The van der Waals surface area contributed by atoms with Crippen LogP contribution in [0.25, 0.3) is 0 Å². The Morgan fingerprint density at radius 2 is 1.77 bits per heavy atom. The number of carbonyl (C=O) groups is 1. The van der Waals surface area contributed by atoms with Gasteiger partial charge in [-0.2, -0.15) is 0 Å². The number of hydrogen-bond acceptors (Lipinski definition) is 6. The molecule has 1 aliphatic heterocycles.